The largest absolute Gasteiger partial charge is 0.379 e. The maximum absolute atomic E-state index is 5.70. The molecule has 1 unspecified atom stereocenters. The number of hydrogen-bond acceptors (Lipinski definition) is 6. The first-order valence-electron chi connectivity index (χ1n) is 9.10. The zero-order valence-electron chi connectivity index (χ0n) is 14.1. The van der Waals surface area contributed by atoms with E-state index < -0.39 is 10.8 Å². The van der Waals surface area contributed by atoms with Gasteiger partial charge in [0.2, 0.25) is 0 Å². The quantitative estimate of drug-likeness (QED) is 0.763. The fourth-order valence-corrected chi connectivity index (χ4v) is 9.79. The molecule has 0 aliphatic carbocycles. The summed E-state index contributed by atoms with van der Waals surface area (Å²) in [7, 11) is -1.20. The normalized spacial score (nSPS) is 32.3. The molecule has 0 bridgehead atoms. The van der Waals surface area contributed by atoms with Crippen molar-refractivity contribution in [2.24, 2.45) is 0 Å². The molecule has 0 aromatic carbocycles. The van der Waals surface area contributed by atoms with Crippen molar-refractivity contribution in [2.45, 2.75) is 19.3 Å². The predicted molar refractivity (Wildman–Crippen MR) is 100 cm³/mol. The molecule has 0 saturated carbocycles. The molecule has 0 amide bonds. The van der Waals surface area contributed by atoms with Crippen LogP contribution in [0.2, 0.25) is 0 Å². The van der Waals surface area contributed by atoms with Crippen LogP contribution in [0.3, 0.4) is 0 Å². The highest BCUT2D eigenvalue weighted by Crippen LogP contribution is 2.63. The van der Waals surface area contributed by atoms with Crippen molar-refractivity contribution in [1.29, 1.82) is 0 Å². The molecule has 7 heteroatoms. The Bertz CT molecular complexity index is 400. The summed E-state index contributed by atoms with van der Waals surface area (Å²) in [6.45, 7) is 10.1. The van der Waals surface area contributed by atoms with Crippen molar-refractivity contribution in [1.82, 2.24) is 17.2 Å². The lowest BCUT2D eigenvalue weighted by molar-refractivity contribution is 0.0683. The van der Waals surface area contributed by atoms with E-state index >= 15 is 0 Å². The van der Waals surface area contributed by atoms with Gasteiger partial charge in [-0.25, -0.2) is 12.9 Å². The number of rotatable bonds is 4. The molecule has 132 valence electrons. The van der Waals surface area contributed by atoms with Gasteiger partial charge < -0.3 is 9.04 Å². The predicted octanol–water partition coefficient (Wildman–Crippen LogP) is 2.15. The molecule has 4 rings (SSSR count). The second-order valence-electron chi connectivity index (χ2n) is 6.52. The minimum Gasteiger partial charge on any atom is -0.379 e. The highest BCUT2D eigenvalue weighted by Gasteiger charge is 2.48. The van der Waals surface area contributed by atoms with Crippen LogP contribution < -0.4 is 0 Å². The monoisotopic (exact) mass is 358 g/mol. The molecule has 4 aliphatic heterocycles. The van der Waals surface area contributed by atoms with Crippen LogP contribution in [0.25, 0.3) is 0 Å². The third-order valence-electron chi connectivity index (χ3n) is 5.15. The Morgan fingerprint density at radius 3 is 2.09 bits per heavy atom. The first kappa shape index (κ1) is 16.5. The molecule has 4 heterocycles. The van der Waals surface area contributed by atoms with Crippen molar-refractivity contribution in [2.75, 3.05) is 70.5 Å². The van der Waals surface area contributed by atoms with Gasteiger partial charge >= 0.3 is 0 Å². The molecule has 23 heavy (non-hydrogen) atoms. The smallest absolute Gasteiger partial charge is 0.0604 e. The SMILES string of the molecule is C1=CN(S(N2CCCC2)(N2CCOCC2)N2CCSCC2)CC1. The number of nitrogens with zero attached hydrogens (tertiary/aromatic N) is 4. The first-order chi connectivity index (χ1) is 11.4. The number of morpholine rings is 1. The standard InChI is InChI=1S/C16H30N4OS2/c1-2-6-17(5-1)23(18-7-3-4-8-18,19-9-13-21-14-10-19)20-11-15-22-16-12-20/h1,5H,2-4,6-16H2. The lowest BCUT2D eigenvalue weighted by atomic mass is 10.4. The fourth-order valence-electron chi connectivity index (χ4n) is 4.12. The summed E-state index contributed by atoms with van der Waals surface area (Å²) in [5.41, 5.74) is 0. The summed E-state index contributed by atoms with van der Waals surface area (Å²) in [5, 5.41) is 0. The Morgan fingerprint density at radius 1 is 0.783 bits per heavy atom. The molecule has 4 aliphatic rings. The zero-order valence-corrected chi connectivity index (χ0v) is 15.7. The molecule has 0 aromatic rings. The van der Waals surface area contributed by atoms with Crippen LogP contribution in [0.15, 0.2) is 12.3 Å². The van der Waals surface area contributed by atoms with Gasteiger partial charge in [-0.15, -0.1) is 0 Å². The van der Waals surface area contributed by atoms with E-state index in [0.29, 0.717) is 0 Å². The molecular formula is C16H30N4OS2. The van der Waals surface area contributed by atoms with Crippen molar-refractivity contribution >= 4 is 22.5 Å². The lowest BCUT2D eigenvalue weighted by Crippen LogP contribution is -2.58. The molecule has 0 N–H and O–H groups in total. The van der Waals surface area contributed by atoms with Gasteiger partial charge in [0.25, 0.3) is 0 Å². The van der Waals surface area contributed by atoms with E-state index in [4.69, 9.17) is 4.74 Å². The highest BCUT2D eigenvalue weighted by molar-refractivity contribution is 8.26. The Morgan fingerprint density at radius 2 is 1.43 bits per heavy atom. The van der Waals surface area contributed by atoms with Gasteiger partial charge in [0, 0.05) is 74.3 Å². The Labute approximate surface area is 146 Å². The summed E-state index contributed by atoms with van der Waals surface area (Å²) in [4.78, 5) is 0. The maximum Gasteiger partial charge on any atom is 0.0604 e. The molecule has 0 aromatic heterocycles. The molecule has 0 spiro atoms. The van der Waals surface area contributed by atoms with Gasteiger partial charge in [-0.2, -0.15) is 11.8 Å². The topological polar surface area (TPSA) is 22.2 Å². The number of thioether (sulfide) groups is 1. The second kappa shape index (κ2) is 7.54. The number of ether oxygens (including phenoxy) is 1. The van der Waals surface area contributed by atoms with Gasteiger partial charge in [-0.05, 0) is 19.3 Å². The summed E-state index contributed by atoms with van der Waals surface area (Å²) >= 11 is 2.12. The van der Waals surface area contributed by atoms with Crippen LogP contribution in [0, 0.1) is 0 Å². The van der Waals surface area contributed by atoms with E-state index in [1.165, 1.54) is 63.5 Å². The minimum atomic E-state index is -1.20. The Kier molecular flexibility index (Phi) is 5.42. The zero-order chi connectivity index (χ0) is 15.5. The van der Waals surface area contributed by atoms with E-state index in [1.807, 2.05) is 0 Å². The Hall–Kier alpha value is 0.0800. The van der Waals surface area contributed by atoms with Crippen LogP contribution in [0.5, 0.6) is 0 Å². The Balaban J connectivity index is 1.72. The molecular weight excluding hydrogens is 328 g/mol. The fraction of sp³-hybridized carbons (Fsp3) is 0.875. The first-order valence-corrected chi connectivity index (χ1v) is 11.7. The van der Waals surface area contributed by atoms with Crippen molar-refractivity contribution < 1.29 is 4.74 Å². The lowest BCUT2D eigenvalue weighted by Gasteiger charge is -2.64. The summed E-state index contributed by atoms with van der Waals surface area (Å²) in [6.07, 6.45) is 8.70. The average molecular weight is 359 g/mol. The van der Waals surface area contributed by atoms with Gasteiger partial charge in [0.15, 0.2) is 0 Å². The van der Waals surface area contributed by atoms with Crippen LogP contribution in [0.4, 0.5) is 0 Å². The molecule has 3 saturated heterocycles. The summed E-state index contributed by atoms with van der Waals surface area (Å²) in [5.74, 6) is 2.56. The van der Waals surface area contributed by atoms with Crippen LogP contribution in [-0.2, 0) is 4.74 Å². The van der Waals surface area contributed by atoms with Crippen molar-refractivity contribution in [3.63, 3.8) is 0 Å². The molecule has 0 radical (unpaired) electrons. The van der Waals surface area contributed by atoms with Crippen molar-refractivity contribution in [3.05, 3.63) is 12.3 Å². The summed E-state index contributed by atoms with van der Waals surface area (Å²) < 4.78 is 16.9. The van der Waals surface area contributed by atoms with Gasteiger partial charge in [-0.1, -0.05) is 6.08 Å². The molecule has 5 nitrogen and oxygen atoms in total. The van der Waals surface area contributed by atoms with Crippen molar-refractivity contribution in [3.8, 4) is 0 Å². The third-order valence-corrected chi connectivity index (χ3v) is 10.2. The van der Waals surface area contributed by atoms with Crippen LogP contribution in [0.1, 0.15) is 19.3 Å². The number of hydrogen-bond donors (Lipinski definition) is 0. The summed E-state index contributed by atoms with van der Waals surface area (Å²) in [6, 6.07) is 0. The minimum absolute atomic E-state index is 0.892. The van der Waals surface area contributed by atoms with Gasteiger partial charge in [0.1, 0.15) is 0 Å². The van der Waals surface area contributed by atoms with Crippen LogP contribution >= 0.6 is 22.5 Å². The van der Waals surface area contributed by atoms with Gasteiger partial charge in [0.05, 0.1) is 13.2 Å². The molecule has 1 atom stereocenters. The van der Waals surface area contributed by atoms with Gasteiger partial charge in [-0.3, -0.25) is 0 Å². The van der Waals surface area contributed by atoms with E-state index in [0.717, 1.165) is 26.3 Å². The average Bonchev–Trinajstić information content (AvgIpc) is 3.32. The maximum atomic E-state index is 5.70. The van der Waals surface area contributed by atoms with Crippen LogP contribution in [-0.4, -0.2) is 87.8 Å². The second-order valence-corrected chi connectivity index (χ2v) is 10.7. The highest BCUT2D eigenvalue weighted by atomic mass is 32.3. The molecule has 3 fully saturated rings. The third kappa shape index (κ3) is 3.04. The van der Waals surface area contributed by atoms with E-state index in [1.54, 1.807) is 0 Å². The van der Waals surface area contributed by atoms with E-state index in [-0.39, 0.29) is 0 Å². The van der Waals surface area contributed by atoms with E-state index in [2.05, 4.69) is 41.3 Å². The van der Waals surface area contributed by atoms with E-state index in [9.17, 15) is 0 Å².